The lowest BCUT2D eigenvalue weighted by atomic mass is 10.00. The fraction of sp³-hybridized carbons (Fsp3) is 0.154. The van der Waals surface area contributed by atoms with Gasteiger partial charge in [-0.2, -0.15) is 0 Å². The molecule has 0 aliphatic carbocycles. The highest BCUT2D eigenvalue weighted by Gasteiger charge is 2.11. The Balaban J connectivity index is 1.76. The molecule has 0 bridgehead atoms. The number of hydrogen-bond acceptors (Lipinski definition) is 3. The Hall–Kier alpha value is -3.50. The van der Waals surface area contributed by atoms with E-state index in [1.54, 1.807) is 0 Å². The summed E-state index contributed by atoms with van der Waals surface area (Å²) in [6.45, 7) is 9.28. The predicted molar refractivity (Wildman–Crippen MR) is 127 cm³/mol. The van der Waals surface area contributed by atoms with Crippen LogP contribution in [0.2, 0.25) is 0 Å². The zero-order valence-electron chi connectivity index (χ0n) is 17.3. The van der Waals surface area contributed by atoms with Gasteiger partial charge >= 0.3 is 0 Å². The van der Waals surface area contributed by atoms with E-state index in [1.807, 2.05) is 30.7 Å². The fourth-order valence-corrected chi connectivity index (χ4v) is 3.74. The first-order valence-corrected chi connectivity index (χ1v) is 10.1. The van der Waals surface area contributed by atoms with Gasteiger partial charge in [0, 0.05) is 48.0 Å². The number of nitrogens with one attached hydrogen (secondary N) is 1. The van der Waals surface area contributed by atoms with Crippen LogP contribution in [-0.2, 0) is 6.54 Å². The number of fused-ring (bicyclic) bond motifs is 2. The van der Waals surface area contributed by atoms with Crippen molar-refractivity contribution in [1.29, 1.82) is 0 Å². The normalized spacial score (nSPS) is 11.7. The molecule has 0 fully saturated rings. The summed E-state index contributed by atoms with van der Waals surface area (Å²) in [6.07, 6.45) is 14.8. The van der Waals surface area contributed by atoms with E-state index < -0.39 is 0 Å². The van der Waals surface area contributed by atoms with Gasteiger partial charge in [-0.25, -0.2) is 4.98 Å². The molecule has 0 saturated carbocycles. The standard InChI is InChI=1S/C26H26N4/c1-4-6-7-8-20-11-12-27-25-10-9-21(15-22(20)25)24-17-29-26-23(24)14-19(16-28-26)18-30(3)13-5-2/h4-5,7-12,14-17H,1-2,6,13,18H2,3H3,(H,28,29)/b8-7+. The quantitative estimate of drug-likeness (QED) is 0.374. The van der Waals surface area contributed by atoms with Gasteiger partial charge in [0.25, 0.3) is 0 Å². The van der Waals surface area contributed by atoms with Crippen molar-refractivity contribution in [2.45, 2.75) is 13.0 Å². The van der Waals surface area contributed by atoms with Crippen molar-refractivity contribution < 1.29 is 0 Å². The lowest BCUT2D eigenvalue weighted by Gasteiger charge is -2.14. The number of likely N-dealkylation sites (N-methyl/N-ethyl adjacent to an activating group) is 1. The topological polar surface area (TPSA) is 44.8 Å². The Morgan fingerprint density at radius 2 is 1.97 bits per heavy atom. The Kier molecular flexibility index (Phi) is 5.87. The zero-order chi connectivity index (χ0) is 20.9. The summed E-state index contributed by atoms with van der Waals surface area (Å²) in [5.74, 6) is 0. The van der Waals surface area contributed by atoms with Gasteiger partial charge < -0.3 is 4.98 Å². The fourth-order valence-electron chi connectivity index (χ4n) is 3.74. The van der Waals surface area contributed by atoms with Gasteiger partial charge in [0.05, 0.1) is 5.52 Å². The van der Waals surface area contributed by atoms with E-state index in [9.17, 15) is 0 Å². The van der Waals surface area contributed by atoms with Crippen LogP contribution in [0.1, 0.15) is 17.5 Å². The molecule has 0 aliphatic rings. The van der Waals surface area contributed by atoms with Crippen LogP contribution in [0.4, 0.5) is 0 Å². The third-order valence-electron chi connectivity index (χ3n) is 5.17. The molecular weight excluding hydrogens is 368 g/mol. The van der Waals surface area contributed by atoms with Crippen LogP contribution in [0.15, 0.2) is 80.3 Å². The SMILES string of the molecule is C=CC/C=C/c1ccnc2ccc(-c3c[nH]c4ncc(CN(C)CC=C)cc34)cc12. The van der Waals surface area contributed by atoms with Crippen LogP contribution in [-0.4, -0.2) is 33.4 Å². The molecule has 4 heteroatoms. The molecule has 1 aromatic carbocycles. The molecule has 30 heavy (non-hydrogen) atoms. The number of H-pyrrole nitrogens is 1. The molecule has 4 nitrogen and oxygen atoms in total. The average molecular weight is 395 g/mol. The van der Waals surface area contributed by atoms with Crippen molar-refractivity contribution >= 4 is 28.0 Å². The van der Waals surface area contributed by atoms with Gasteiger partial charge in [0.15, 0.2) is 0 Å². The third-order valence-corrected chi connectivity index (χ3v) is 5.17. The first-order valence-electron chi connectivity index (χ1n) is 10.1. The number of aromatic nitrogens is 3. The van der Waals surface area contributed by atoms with Gasteiger partial charge in [-0.3, -0.25) is 9.88 Å². The summed E-state index contributed by atoms with van der Waals surface area (Å²) < 4.78 is 0. The molecule has 3 heterocycles. The van der Waals surface area contributed by atoms with E-state index in [-0.39, 0.29) is 0 Å². The maximum atomic E-state index is 4.63. The highest BCUT2D eigenvalue weighted by Crippen LogP contribution is 2.31. The number of aromatic amines is 1. The van der Waals surface area contributed by atoms with Crippen molar-refractivity contribution in [2.24, 2.45) is 0 Å². The largest absolute Gasteiger partial charge is 0.346 e. The smallest absolute Gasteiger partial charge is 0.137 e. The summed E-state index contributed by atoms with van der Waals surface area (Å²) in [6, 6.07) is 10.7. The Bertz CT molecular complexity index is 1230. The summed E-state index contributed by atoms with van der Waals surface area (Å²) in [7, 11) is 2.08. The summed E-state index contributed by atoms with van der Waals surface area (Å²) in [4.78, 5) is 14.7. The zero-order valence-corrected chi connectivity index (χ0v) is 17.3. The molecule has 0 aliphatic heterocycles. The molecule has 0 atom stereocenters. The molecule has 3 aromatic heterocycles. The summed E-state index contributed by atoms with van der Waals surface area (Å²) >= 11 is 0. The lowest BCUT2D eigenvalue weighted by Crippen LogP contribution is -2.17. The van der Waals surface area contributed by atoms with Gasteiger partial charge in [-0.1, -0.05) is 30.4 Å². The molecule has 0 unspecified atom stereocenters. The number of rotatable bonds is 8. The number of hydrogen-bond donors (Lipinski definition) is 1. The van der Waals surface area contributed by atoms with Gasteiger partial charge in [-0.15, -0.1) is 13.2 Å². The number of benzene rings is 1. The second-order valence-corrected chi connectivity index (χ2v) is 7.49. The first-order chi connectivity index (χ1) is 14.7. The van der Waals surface area contributed by atoms with Crippen LogP contribution < -0.4 is 0 Å². The minimum Gasteiger partial charge on any atom is -0.346 e. The van der Waals surface area contributed by atoms with Crippen molar-refractivity contribution in [2.75, 3.05) is 13.6 Å². The molecular formula is C26H26N4. The number of nitrogens with zero attached hydrogens (tertiary/aromatic N) is 3. The van der Waals surface area contributed by atoms with Gasteiger partial charge in [0.2, 0.25) is 0 Å². The van der Waals surface area contributed by atoms with E-state index in [4.69, 9.17) is 0 Å². The maximum Gasteiger partial charge on any atom is 0.137 e. The van der Waals surface area contributed by atoms with Crippen LogP contribution >= 0.6 is 0 Å². The molecule has 4 aromatic rings. The van der Waals surface area contributed by atoms with Crippen LogP contribution in [0.3, 0.4) is 0 Å². The second kappa shape index (κ2) is 8.89. The third kappa shape index (κ3) is 4.09. The van der Waals surface area contributed by atoms with E-state index in [0.29, 0.717) is 0 Å². The molecule has 150 valence electrons. The Morgan fingerprint density at radius 3 is 2.80 bits per heavy atom. The first kappa shape index (κ1) is 19.8. The molecule has 0 amide bonds. The number of allylic oxidation sites excluding steroid dienone is 2. The van der Waals surface area contributed by atoms with Crippen LogP contribution in [0.25, 0.3) is 39.1 Å². The minimum absolute atomic E-state index is 0.833. The van der Waals surface area contributed by atoms with Crippen molar-refractivity contribution in [3.8, 4) is 11.1 Å². The molecule has 0 saturated heterocycles. The van der Waals surface area contributed by atoms with Crippen molar-refractivity contribution in [3.05, 3.63) is 91.4 Å². The van der Waals surface area contributed by atoms with Crippen molar-refractivity contribution in [3.63, 3.8) is 0 Å². The van der Waals surface area contributed by atoms with Crippen LogP contribution in [0, 0.1) is 0 Å². The average Bonchev–Trinajstić information content (AvgIpc) is 3.17. The highest BCUT2D eigenvalue weighted by atomic mass is 15.1. The predicted octanol–water partition coefficient (Wildman–Crippen LogP) is 5.99. The number of pyridine rings is 2. The van der Waals surface area contributed by atoms with Gasteiger partial charge in [0.1, 0.15) is 5.65 Å². The van der Waals surface area contributed by atoms with Gasteiger partial charge in [-0.05, 0) is 54.4 Å². The molecule has 0 spiro atoms. The Labute approximate surface area is 177 Å². The maximum absolute atomic E-state index is 4.63. The summed E-state index contributed by atoms with van der Waals surface area (Å²) in [5, 5.41) is 2.27. The van der Waals surface area contributed by atoms with E-state index in [1.165, 1.54) is 5.56 Å². The van der Waals surface area contributed by atoms with E-state index in [0.717, 1.165) is 58.1 Å². The van der Waals surface area contributed by atoms with Crippen molar-refractivity contribution in [1.82, 2.24) is 19.9 Å². The molecule has 0 radical (unpaired) electrons. The second-order valence-electron chi connectivity index (χ2n) is 7.49. The van der Waals surface area contributed by atoms with E-state index in [2.05, 4.69) is 82.5 Å². The van der Waals surface area contributed by atoms with Crippen LogP contribution in [0.5, 0.6) is 0 Å². The molecule has 4 rings (SSSR count). The van der Waals surface area contributed by atoms with E-state index >= 15 is 0 Å². The lowest BCUT2D eigenvalue weighted by molar-refractivity contribution is 0.363. The Morgan fingerprint density at radius 1 is 1.07 bits per heavy atom. The minimum atomic E-state index is 0.833. The monoisotopic (exact) mass is 394 g/mol. The summed E-state index contributed by atoms with van der Waals surface area (Å²) in [5.41, 5.74) is 6.54. The highest BCUT2D eigenvalue weighted by molar-refractivity contribution is 5.98. The molecule has 1 N–H and O–H groups in total.